The lowest BCUT2D eigenvalue weighted by Crippen LogP contribution is -2.32. The Balaban J connectivity index is 1.58. The monoisotopic (exact) mass is 285 g/mol. The van der Waals surface area contributed by atoms with Gasteiger partial charge >= 0.3 is 0 Å². The summed E-state index contributed by atoms with van der Waals surface area (Å²) in [5.41, 5.74) is 7.47. The zero-order chi connectivity index (χ0) is 14.4. The maximum absolute atomic E-state index is 12.8. The van der Waals surface area contributed by atoms with Crippen LogP contribution in [0.5, 0.6) is 0 Å². The van der Waals surface area contributed by atoms with E-state index in [4.69, 9.17) is 5.73 Å². The average molecular weight is 285 g/mol. The van der Waals surface area contributed by atoms with Gasteiger partial charge in [0.15, 0.2) is 0 Å². The van der Waals surface area contributed by atoms with Crippen LogP contribution in [0.2, 0.25) is 0 Å². The highest BCUT2D eigenvalue weighted by atomic mass is 16.2. The molecule has 1 amide bonds. The quantitative estimate of drug-likeness (QED) is 0.845. The van der Waals surface area contributed by atoms with Crippen LogP contribution in [0, 0.1) is 11.8 Å². The smallest absolute Gasteiger partial charge is 0.257 e. The normalized spacial score (nSPS) is 28.8. The number of carbonyl (C=O) groups excluding carboxylic acids is 1. The Morgan fingerprint density at radius 2 is 2.10 bits per heavy atom. The molecule has 1 unspecified atom stereocenters. The van der Waals surface area contributed by atoms with Crippen molar-refractivity contribution in [3.63, 3.8) is 0 Å². The molecule has 0 aromatic carbocycles. The van der Waals surface area contributed by atoms with Gasteiger partial charge in [-0.25, -0.2) is 4.52 Å². The van der Waals surface area contributed by atoms with Crippen molar-refractivity contribution in [2.24, 2.45) is 17.6 Å². The Kier molecular flexibility index (Phi) is 2.92. The van der Waals surface area contributed by atoms with Crippen LogP contribution in [-0.4, -0.2) is 44.5 Å². The summed E-state index contributed by atoms with van der Waals surface area (Å²) in [5, 5.41) is 4.22. The molecule has 6 nitrogen and oxygen atoms in total. The molecule has 0 spiro atoms. The van der Waals surface area contributed by atoms with E-state index in [1.165, 1.54) is 0 Å². The lowest BCUT2D eigenvalue weighted by Gasteiger charge is -2.27. The van der Waals surface area contributed by atoms with Gasteiger partial charge in [0.2, 0.25) is 0 Å². The molecule has 1 saturated carbocycles. The number of likely N-dealkylation sites (tertiary alicyclic amines) is 1. The summed E-state index contributed by atoms with van der Waals surface area (Å²) in [6, 6.07) is 0.308. The first-order chi connectivity index (χ1) is 10.2. The molecule has 3 heterocycles. The lowest BCUT2D eigenvalue weighted by atomic mass is 9.79. The van der Waals surface area contributed by atoms with Crippen LogP contribution >= 0.6 is 0 Å². The minimum absolute atomic E-state index is 0.0703. The second-order valence-electron chi connectivity index (χ2n) is 6.27. The maximum Gasteiger partial charge on any atom is 0.257 e. The largest absolute Gasteiger partial charge is 0.338 e. The highest BCUT2D eigenvalue weighted by Crippen LogP contribution is 2.36. The molecule has 3 atom stereocenters. The third-order valence-electron chi connectivity index (χ3n) is 4.93. The first kappa shape index (κ1) is 12.8. The fourth-order valence-corrected chi connectivity index (χ4v) is 3.80. The van der Waals surface area contributed by atoms with Crippen LogP contribution in [0.4, 0.5) is 0 Å². The highest BCUT2D eigenvalue weighted by molar-refractivity contribution is 6.00. The molecule has 1 aliphatic carbocycles. The first-order valence-corrected chi connectivity index (χ1v) is 7.54. The van der Waals surface area contributed by atoms with E-state index in [2.05, 4.69) is 10.1 Å². The number of rotatable bonds is 1. The molecular weight excluding hydrogens is 266 g/mol. The summed E-state index contributed by atoms with van der Waals surface area (Å²) >= 11 is 0. The average Bonchev–Trinajstić information content (AvgIpc) is 3.09. The molecule has 1 aliphatic heterocycles. The van der Waals surface area contributed by atoms with Gasteiger partial charge in [-0.2, -0.15) is 5.10 Å². The summed E-state index contributed by atoms with van der Waals surface area (Å²) in [6.45, 7) is 1.68. The van der Waals surface area contributed by atoms with Crippen LogP contribution < -0.4 is 5.73 Å². The van der Waals surface area contributed by atoms with Gasteiger partial charge < -0.3 is 10.6 Å². The van der Waals surface area contributed by atoms with Gasteiger partial charge in [-0.1, -0.05) is 0 Å². The molecule has 110 valence electrons. The lowest BCUT2D eigenvalue weighted by molar-refractivity contribution is 0.0786. The SMILES string of the molecule is NC1CC[C@@H]2CN(C(=O)c3cnn4ccncc34)C[C@@H]2C1. The van der Waals surface area contributed by atoms with Crippen molar-refractivity contribution in [1.29, 1.82) is 0 Å². The standard InChI is InChI=1S/C15H19N5O/c16-12-2-1-10-8-19(9-11(10)5-12)15(21)13-6-18-20-4-3-17-7-14(13)20/h3-4,6-7,10-12H,1-2,5,8-9,16H2/t10-,11+,12?/m1/s1. The molecule has 2 N–H and O–H groups in total. The molecule has 0 radical (unpaired) electrons. The minimum Gasteiger partial charge on any atom is -0.338 e. The zero-order valence-electron chi connectivity index (χ0n) is 11.9. The van der Waals surface area contributed by atoms with Crippen molar-refractivity contribution in [1.82, 2.24) is 19.5 Å². The Morgan fingerprint density at radius 1 is 1.24 bits per heavy atom. The molecule has 2 aromatic rings. The molecule has 1 saturated heterocycles. The van der Waals surface area contributed by atoms with E-state index in [0.29, 0.717) is 23.4 Å². The predicted octanol–water partition coefficient (Wildman–Crippen LogP) is 0.929. The van der Waals surface area contributed by atoms with Crippen LogP contribution in [0.15, 0.2) is 24.8 Å². The van der Waals surface area contributed by atoms with E-state index in [0.717, 1.165) is 37.9 Å². The number of hydrogen-bond acceptors (Lipinski definition) is 4. The fraction of sp³-hybridized carbons (Fsp3) is 0.533. The number of nitrogens with zero attached hydrogens (tertiary/aromatic N) is 4. The molecule has 0 bridgehead atoms. The number of hydrogen-bond donors (Lipinski definition) is 1. The Hall–Kier alpha value is -1.95. The number of nitrogens with two attached hydrogens (primary N) is 1. The fourth-order valence-electron chi connectivity index (χ4n) is 3.80. The predicted molar refractivity (Wildman–Crippen MR) is 77.7 cm³/mol. The van der Waals surface area contributed by atoms with E-state index in [1.807, 2.05) is 4.90 Å². The van der Waals surface area contributed by atoms with E-state index in [1.54, 1.807) is 29.3 Å². The second kappa shape index (κ2) is 4.80. The second-order valence-corrected chi connectivity index (χ2v) is 6.27. The van der Waals surface area contributed by atoms with E-state index >= 15 is 0 Å². The van der Waals surface area contributed by atoms with Crippen LogP contribution in [0.3, 0.4) is 0 Å². The van der Waals surface area contributed by atoms with Crippen molar-refractivity contribution in [2.75, 3.05) is 13.1 Å². The molecule has 4 rings (SSSR count). The van der Waals surface area contributed by atoms with Crippen molar-refractivity contribution in [2.45, 2.75) is 25.3 Å². The van der Waals surface area contributed by atoms with Gasteiger partial charge in [-0.05, 0) is 31.1 Å². The van der Waals surface area contributed by atoms with Crippen molar-refractivity contribution in [3.05, 3.63) is 30.4 Å². The molecule has 2 aromatic heterocycles. The molecule has 2 aliphatic rings. The van der Waals surface area contributed by atoms with E-state index in [9.17, 15) is 4.79 Å². The number of carbonyl (C=O) groups is 1. The zero-order valence-corrected chi connectivity index (χ0v) is 11.9. The van der Waals surface area contributed by atoms with Crippen molar-refractivity contribution < 1.29 is 4.79 Å². The third kappa shape index (κ3) is 2.10. The summed E-state index contributed by atoms with van der Waals surface area (Å²) < 4.78 is 1.69. The topological polar surface area (TPSA) is 76.5 Å². The molecular formula is C15H19N5O. The van der Waals surface area contributed by atoms with Gasteiger partial charge in [0.25, 0.3) is 5.91 Å². The van der Waals surface area contributed by atoms with Crippen LogP contribution in [0.25, 0.3) is 5.52 Å². The molecule has 6 heteroatoms. The van der Waals surface area contributed by atoms with Crippen LogP contribution in [0.1, 0.15) is 29.6 Å². The van der Waals surface area contributed by atoms with Gasteiger partial charge in [-0.3, -0.25) is 9.78 Å². The Bertz CT molecular complexity index is 682. The summed E-state index contributed by atoms with van der Waals surface area (Å²) in [7, 11) is 0. The third-order valence-corrected chi connectivity index (χ3v) is 4.93. The van der Waals surface area contributed by atoms with E-state index < -0.39 is 0 Å². The number of aromatic nitrogens is 3. The van der Waals surface area contributed by atoms with Crippen LogP contribution in [-0.2, 0) is 0 Å². The van der Waals surface area contributed by atoms with Gasteiger partial charge in [-0.15, -0.1) is 0 Å². The summed E-state index contributed by atoms with van der Waals surface area (Å²) in [6.07, 6.45) is 10.0. The summed E-state index contributed by atoms with van der Waals surface area (Å²) in [5.74, 6) is 1.26. The first-order valence-electron chi connectivity index (χ1n) is 7.54. The van der Waals surface area contributed by atoms with Crippen molar-refractivity contribution in [3.8, 4) is 0 Å². The highest BCUT2D eigenvalue weighted by Gasteiger charge is 2.39. The maximum atomic E-state index is 12.8. The Morgan fingerprint density at radius 3 is 3.00 bits per heavy atom. The number of fused-ring (bicyclic) bond motifs is 2. The van der Waals surface area contributed by atoms with Crippen molar-refractivity contribution >= 4 is 11.4 Å². The van der Waals surface area contributed by atoms with Gasteiger partial charge in [0.05, 0.1) is 23.5 Å². The molecule has 21 heavy (non-hydrogen) atoms. The van der Waals surface area contributed by atoms with Gasteiger partial charge in [0.1, 0.15) is 0 Å². The number of amides is 1. The molecule has 2 fully saturated rings. The minimum atomic E-state index is 0.0703. The van der Waals surface area contributed by atoms with E-state index in [-0.39, 0.29) is 5.91 Å². The summed E-state index contributed by atoms with van der Waals surface area (Å²) in [4.78, 5) is 18.8. The Labute approximate surface area is 122 Å². The van der Waals surface area contributed by atoms with Gasteiger partial charge in [0, 0.05) is 31.5 Å².